The third kappa shape index (κ3) is 4.85. The molecule has 2 aromatic rings. The maximum atomic E-state index is 12.1. The molecule has 1 saturated carbocycles. The maximum Gasteiger partial charge on any atom is 0.407 e. The molecule has 1 fully saturated rings. The minimum atomic E-state index is -0.342. The van der Waals surface area contributed by atoms with Crippen LogP contribution >= 0.6 is 15.9 Å². The summed E-state index contributed by atoms with van der Waals surface area (Å²) in [4.78, 5) is 12.1. The van der Waals surface area contributed by atoms with E-state index in [-0.39, 0.29) is 11.5 Å². The van der Waals surface area contributed by atoms with Crippen LogP contribution in [0.5, 0.6) is 0 Å². The molecule has 25 heavy (non-hydrogen) atoms. The van der Waals surface area contributed by atoms with Crippen molar-refractivity contribution in [2.45, 2.75) is 44.1 Å². The van der Waals surface area contributed by atoms with E-state index < -0.39 is 0 Å². The first-order valence-electron chi connectivity index (χ1n) is 8.89. The molecule has 0 saturated heterocycles. The average Bonchev–Trinajstić information content (AvgIpc) is 2.67. The average molecular weight is 402 g/mol. The predicted molar refractivity (Wildman–Crippen MR) is 104 cm³/mol. The largest absolute Gasteiger partial charge is 0.445 e. The minimum absolute atomic E-state index is 0.0186. The highest BCUT2D eigenvalue weighted by Gasteiger charge is 2.34. The number of nitrogens with one attached hydrogen (secondary N) is 1. The molecule has 0 radical (unpaired) electrons. The molecule has 2 aromatic carbocycles. The first kappa shape index (κ1) is 18.0. The van der Waals surface area contributed by atoms with E-state index in [2.05, 4.69) is 45.5 Å². The van der Waals surface area contributed by atoms with Gasteiger partial charge in [-0.25, -0.2) is 4.79 Å². The standard InChI is InChI=1S/C21H24BrNO2/c22-19-11-9-18(10-12-19)21(13-5-2-6-14-21)16-23-20(24)25-15-17-7-3-1-4-8-17/h1,3-4,7-12H,2,5-6,13-16H2,(H,23,24). The number of ether oxygens (including phenoxy) is 1. The summed E-state index contributed by atoms with van der Waals surface area (Å²) in [6.07, 6.45) is 5.55. The van der Waals surface area contributed by atoms with Gasteiger partial charge in [-0.2, -0.15) is 0 Å². The lowest BCUT2D eigenvalue weighted by molar-refractivity contribution is 0.134. The molecule has 0 spiro atoms. The molecular formula is C21H24BrNO2. The van der Waals surface area contributed by atoms with Crippen LogP contribution in [0.2, 0.25) is 0 Å². The van der Waals surface area contributed by atoms with Gasteiger partial charge < -0.3 is 10.1 Å². The van der Waals surface area contributed by atoms with Gasteiger partial charge in [0.05, 0.1) is 0 Å². The first-order chi connectivity index (χ1) is 12.2. The normalized spacial score (nSPS) is 16.2. The summed E-state index contributed by atoms with van der Waals surface area (Å²) in [5, 5.41) is 3.00. The number of benzene rings is 2. The minimum Gasteiger partial charge on any atom is -0.445 e. The van der Waals surface area contributed by atoms with Gasteiger partial charge in [-0.3, -0.25) is 0 Å². The van der Waals surface area contributed by atoms with Crippen molar-refractivity contribution in [1.29, 1.82) is 0 Å². The Kier molecular flexibility index (Phi) is 6.14. The van der Waals surface area contributed by atoms with Gasteiger partial charge in [-0.05, 0) is 36.1 Å². The molecule has 1 amide bonds. The monoisotopic (exact) mass is 401 g/mol. The SMILES string of the molecule is O=C(NCC1(c2ccc(Br)cc2)CCCCC1)OCc1ccccc1. The van der Waals surface area contributed by atoms with Gasteiger partial charge in [0.1, 0.15) is 6.61 Å². The first-order valence-corrected chi connectivity index (χ1v) is 9.68. The summed E-state index contributed by atoms with van der Waals surface area (Å²) in [6, 6.07) is 18.3. The molecule has 3 rings (SSSR count). The van der Waals surface area contributed by atoms with Gasteiger partial charge in [0.25, 0.3) is 0 Å². The number of rotatable bonds is 5. The number of amides is 1. The van der Waals surface area contributed by atoms with Gasteiger partial charge >= 0.3 is 6.09 Å². The molecule has 4 heteroatoms. The summed E-state index contributed by atoms with van der Waals surface area (Å²) in [7, 11) is 0. The van der Waals surface area contributed by atoms with E-state index in [4.69, 9.17) is 4.74 Å². The Morgan fingerprint density at radius 1 is 1.00 bits per heavy atom. The van der Waals surface area contributed by atoms with Crippen molar-refractivity contribution in [3.05, 3.63) is 70.2 Å². The number of alkyl carbamates (subject to hydrolysis) is 1. The fourth-order valence-corrected chi connectivity index (χ4v) is 3.88. The Hall–Kier alpha value is -1.81. The number of carbonyl (C=O) groups is 1. The van der Waals surface area contributed by atoms with E-state index in [1.54, 1.807) is 0 Å². The van der Waals surface area contributed by atoms with Crippen LogP contribution in [0.1, 0.15) is 43.2 Å². The molecule has 1 aliphatic rings. The number of hydrogen-bond acceptors (Lipinski definition) is 2. The fourth-order valence-electron chi connectivity index (χ4n) is 3.62. The third-order valence-corrected chi connectivity index (χ3v) is 5.58. The second-order valence-corrected chi connectivity index (χ2v) is 7.68. The summed E-state index contributed by atoms with van der Waals surface area (Å²) in [6.45, 7) is 0.931. The van der Waals surface area contributed by atoms with Crippen LogP contribution in [0.15, 0.2) is 59.1 Å². The zero-order valence-electron chi connectivity index (χ0n) is 14.3. The van der Waals surface area contributed by atoms with Crippen molar-refractivity contribution in [1.82, 2.24) is 5.32 Å². The van der Waals surface area contributed by atoms with Crippen LogP contribution in [-0.4, -0.2) is 12.6 Å². The highest BCUT2D eigenvalue weighted by atomic mass is 79.9. The van der Waals surface area contributed by atoms with Crippen molar-refractivity contribution in [2.75, 3.05) is 6.54 Å². The smallest absolute Gasteiger partial charge is 0.407 e. The van der Waals surface area contributed by atoms with Gasteiger partial charge in [-0.15, -0.1) is 0 Å². The molecule has 3 nitrogen and oxygen atoms in total. The summed E-state index contributed by atoms with van der Waals surface area (Å²) >= 11 is 3.50. The molecule has 0 atom stereocenters. The molecule has 0 aromatic heterocycles. The van der Waals surface area contributed by atoms with Crippen molar-refractivity contribution < 1.29 is 9.53 Å². The quantitative estimate of drug-likeness (QED) is 0.709. The molecule has 0 aliphatic heterocycles. The third-order valence-electron chi connectivity index (χ3n) is 5.05. The molecule has 1 N–H and O–H groups in total. The topological polar surface area (TPSA) is 38.3 Å². The van der Waals surface area contributed by atoms with Crippen molar-refractivity contribution in [3.8, 4) is 0 Å². The van der Waals surface area contributed by atoms with E-state index in [0.717, 1.165) is 22.9 Å². The molecule has 0 bridgehead atoms. The Bertz CT molecular complexity index is 679. The number of carbonyl (C=O) groups excluding carboxylic acids is 1. The summed E-state index contributed by atoms with van der Waals surface area (Å²) in [5.41, 5.74) is 2.32. The lowest BCUT2D eigenvalue weighted by Gasteiger charge is -2.38. The van der Waals surface area contributed by atoms with E-state index in [9.17, 15) is 4.79 Å². The van der Waals surface area contributed by atoms with Crippen LogP contribution in [0, 0.1) is 0 Å². The van der Waals surface area contributed by atoms with Crippen molar-refractivity contribution in [3.63, 3.8) is 0 Å². The zero-order chi connectivity index (χ0) is 17.5. The maximum absolute atomic E-state index is 12.1. The van der Waals surface area contributed by atoms with Crippen LogP contribution in [0.25, 0.3) is 0 Å². The second kappa shape index (κ2) is 8.52. The lowest BCUT2D eigenvalue weighted by Crippen LogP contribution is -2.42. The fraction of sp³-hybridized carbons (Fsp3) is 0.381. The Morgan fingerprint density at radius 2 is 1.68 bits per heavy atom. The Morgan fingerprint density at radius 3 is 2.36 bits per heavy atom. The van der Waals surface area contributed by atoms with E-state index >= 15 is 0 Å². The Labute approximate surface area is 157 Å². The van der Waals surface area contributed by atoms with Crippen LogP contribution in [0.4, 0.5) is 4.79 Å². The van der Waals surface area contributed by atoms with E-state index in [0.29, 0.717) is 13.2 Å². The highest BCUT2D eigenvalue weighted by molar-refractivity contribution is 9.10. The van der Waals surface area contributed by atoms with Gasteiger partial charge in [0.2, 0.25) is 0 Å². The van der Waals surface area contributed by atoms with Crippen LogP contribution in [0.3, 0.4) is 0 Å². The van der Waals surface area contributed by atoms with E-state index in [1.165, 1.54) is 24.8 Å². The van der Waals surface area contributed by atoms with Crippen molar-refractivity contribution in [2.24, 2.45) is 0 Å². The summed E-state index contributed by atoms with van der Waals surface area (Å²) < 4.78 is 6.44. The van der Waals surface area contributed by atoms with Gasteiger partial charge in [0.15, 0.2) is 0 Å². The molecule has 1 aliphatic carbocycles. The number of hydrogen-bond donors (Lipinski definition) is 1. The van der Waals surface area contributed by atoms with Crippen LogP contribution < -0.4 is 5.32 Å². The molecular weight excluding hydrogens is 378 g/mol. The summed E-state index contributed by atoms with van der Waals surface area (Å²) in [5.74, 6) is 0. The number of halogens is 1. The van der Waals surface area contributed by atoms with Gasteiger partial charge in [-0.1, -0.05) is 77.7 Å². The zero-order valence-corrected chi connectivity index (χ0v) is 15.9. The molecule has 132 valence electrons. The molecule has 0 heterocycles. The van der Waals surface area contributed by atoms with Crippen molar-refractivity contribution >= 4 is 22.0 Å². The predicted octanol–water partition coefficient (Wildman–Crippen LogP) is 5.58. The van der Waals surface area contributed by atoms with Crippen LogP contribution in [-0.2, 0) is 16.8 Å². The van der Waals surface area contributed by atoms with E-state index in [1.807, 2.05) is 30.3 Å². The Balaban J connectivity index is 1.61. The highest BCUT2D eigenvalue weighted by Crippen LogP contribution is 2.39. The lowest BCUT2D eigenvalue weighted by atomic mass is 9.69. The van der Waals surface area contributed by atoms with Gasteiger partial charge in [0, 0.05) is 16.4 Å². The second-order valence-electron chi connectivity index (χ2n) is 6.76. The molecule has 0 unspecified atom stereocenters.